The Hall–Kier alpha value is -0.500. The first-order chi connectivity index (χ1) is 5.06. The van der Waals surface area contributed by atoms with Crippen molar-refractivity contribution in [3.8, 4) is 0 Å². The van der Waals surface area contributed by atoms with E-state index >= 15 is 0 Å². The van der Waals surface area contributed by atoms with Crippen molar-refractivity contribution < 1.29 is 0 Å². The molecule has 0 rings (SSSR count). The van der Waals surface area contributed by atoms with Crippen molar-refractivity contribution in [1.82, 2.24) is 0 Å². The summed E-state index contributed by atoms with van der Waals surface area (Å²) in [5.41, 5.74) is 0. The minimum atomic E-state index is -0.0340. The predicted octanol–water partition coefficient (Wildman–Crippen LogP) is 2.51. The number of aliphatic imine (C=N–C) groups is 1. The van der Waals surface area contributed by atoms with E-state index in [1.807, 2.05) is 38.2 Å². The first-order valence-corrected chi connectivity index (χ1v) is 4.00. The largest absolute Gasteiger partial charge is 0.297 e. The molecule has 0 N–H and O–H groups in total. The maximum absolute atomic E-state index is 4.33. The summed E-state index contributed by atoms with van der Waals surface area (Å²) in [5, 5.41) is 0. The fourth-order valence-electron chi connectivity index (χ4n) is 0.491. The lowest BCUT2D eigenvalue weighted by Gasteiger charge is -2.08. The molecule has 0 aliphatic rings. The lowest BCUT2D eigenvalue weighted by Crippen LogP contribution is -2.03. The highest BCUT2D eigenvalue weighted by atomic mass is 32.1. The van der Waals surface area contributed by atoms with Crippen LogP contribution in [0.5, 0.6) is 0 Å². The smallest absolute Gasteiger partial charge is 0.0277 e. The summed E-state index contributed by atoms with van der Waals surface area (Å²) < 4.78 is -0.0340. The van der Waals surface area contributed by atoms with Crippen LogP contribution in [0.2, 0.25) is 0 Å². The molecule has 0 aliphatic carbocycles. The van der Waals surface area contributed by atoms with Crippen molar-refractivity contribution in [1.29, 1.82) is 0 Å². The van der Waals surface area contributed by atoms with E-state index < -0.39 is 0 Å². The summed E-state index contributed by atoms with van der Waals surface area (Å²) in [6.45, 7) is 4.07. The third-order valence-corrected chi connectivity index (χ3v) is 1.11. The van der Waals surface area contributed by atoms with Gasteiger partial charge in [-0.15, -0.1) is 0 Å². The molecule has 62 valence electrons. The van der Waals surface area contributed by atoms with Gasteiger partial charge in [0, 0.05) is 18.0 Å². The molecule has 0 fully saturated rings. The molecular formula is C9H15NS. The monoisotopic (exact) mass is 169 g/mol. The molecule has 0 aromatic carbocycles. The Balaban J connectivity index is 3.78. The molecule has 11 heavy (non-hydrogen) atoms. The van der Waals surface area contributed by atoms with E-state index in [1.54, 1.807) is 13.3 Å². The summed E-state index contributed by atoms with van der Waals surface area (Å²) in [7, 11) is 1.75. The Bertz CT molecular complexity index is 172. The molecular weight excluding hydrogens is 154 g/mol. The van der Waals surface area contributed by atoms with E-state index in [0.29, 0.717) is 0 Å². The van der Waals surface area contributed by atoms with Crippen molar-refractivity contribution in [2.45, 2.75) is 18.6 Å². The SMILES string of the molecule is CN=C/C=C\C=C\C(C)(C)S. The van der Waals surface area contributed by atoms with Gasteiger partial charge in [-0.1, -0.05) is 18.2 Å². The summed E-state index contributed by atoms with van der Waals surface area (Å²) in [6, 6.07) is 0. The minimum absolute atomic E-state index is 0.0340. The van der Waals surface area contributed by atoms with Gasteiger partial charge in [-0.2, -0.15) is 12.6 Å². The van der Waals surface area contributed by atoms with Crippen LogP contribution in [-0.4, -0.2) is 18.0 Å². The van der Waals surface area contributed by atoms with Crippen LogP contribution in [0.4, 0.5) is 0 Å². The first-order valence-electron chi connectivity index (χ1n) is 3.55. The second kappa shape index (κ2) is 5.19. The molecule has 0 amide bonds. The van der Waals surface area contributed by atoms with Crippen molar-refractivity contribution >= 4 is 18.8 Å². The Kier molecular flexibility index (Phi) is 4.95. The second-order valence-corrected chi connectivity index (χ2v) is 3.96. The summed E-state index contributed by atoms with van der Waals surface area (Å²) in [5.74, 6) is 0. The molecule has 0 saturated carbocycles. The lowest BCUT2D eigenvalue weighted by atomic mass is 10.2. The van der Waals surface area contributed by atoms with Gasteiger partial charge < -0.3 is 0 Å². The molecule has 2 heteroatoms. The fourth-order valence-corrected chi connectivity index (χ4v) is 0.577. The molecule has 0 aliphatic heterocycles. The van der Waals surface area contributed by atoms with E-state index in [1.165, 1.54) is 0 Å². The third kappa shape index (κ3) is 9.50. The Labute approximate surface area is 74.3 Å². The highest BCUT2D eigenvalue weighted by Crippen LogP contribution is 2.12. The average molecular weight is 169 g/mol. The van der Waals surface area contributed by atoms with E-state index in [2.05, 4.69) is 17.6 Å². The van der Waals surface area contributed by atoms with Crippen LogP contribution < -0.4 is 0 Å². The molecule has 0 heterocycles. The van der Waals surface area contributed by atoms with Gasteiger partial charge in [-0.05, 0) is 19.9 Å². The zero-order valence-corrected chi connectivity index (χ0v) is 8.18. The van der Waals surface area contributed by atoms with Crippen molar-refractivity contribution in [3.05, 3.63) is 24.3 Å². The van der Waals surface area contributed by atoms with Gasteiger partial charge >= 0.3 is 0 Å². The topological polar surface area (TPSA) is 12.4 Å². The zero-order valence-electron chi connectivity index (χ0n) is 7.28. The van der Waals surface area contributed by atoms with E-state index in [0.717, 1.165) is 0 Å². The van der Waals surface area contributed by atoms with E-state index in [-0.39, 0.29) is 4.75 Å². The second-order valence-electron chi connectivity index (χ2n) is 2.80. The quantitative estimate of drug-likeness (QED) is 0.378. The van der Waals surface area contributed by atoms with Gasteiger partial charge in [-0.25, -0.2) is 0 Å². The van der Waals surface area contributed by atoms with E-state index in [4.69, 9.17) is 0 Å². The van der Waals surface area contributed by atoms with Gasteiger partial charge in [0.2, 0.25) is 0 Å². The first kappa shape index (κ1) is 10.5. The number of nitrogens with zero attached hydrogens (tertiary/aromatic N) is 1. The highest BCUT2D eigenvalue weighted by molar-refractivity contribution is 7.82. The Morgan fingerprint density at radius 3 is 2.27 bits per heavy atom. The number of thiol groups is 1. The number of hydrogen-bond donors (Lipinski definition) is 1. The Morgan fingerprint density at radius 1 is 1.18 bits per heavy atom. The van der Waals surface area contributed by atoms with E-state index in [9.17, 15) is 0 Å². The maximum Gasteiger partial charge on any atom is 0.0277 e. The van der Waals surface area contributed by atoms with Crippen LogP contribution in [-0.2, 0) is 0 Å². The average Bonchev–Trinajstić information content (AvgIpc) is 1.85. The fraction of sp³-hybridized carbons (Fsp3) is 0.444. The molecule has 0 aromatic heterocycles. The molecule has 0 atom stereocenters. The normalized spacial score (nSPS) is 14.2. The van der Waals surface area contributed by atoms with Crippen LogP contribution in [0, 0.1) is 0 Å². The van der Waals surface area contributed by atoms with Crippen molar-refractivity contribution in [2.24, 2.45) is 4.99 Å². The molecule has 0 aromatic rings. The predicted molar refractivity (Wildman–Crippen MR) is 55.8 cm³/mol. The van der Waals surface area contributed by atoms with Crippen molar-refractivity contribution in [3.63, 3.8) is 0 Å². The van der Waals surface area contributed by atoms with Gasteiger partial charge in [0.05, 0.1) is 0 Å². The zero-order chi connectivity index (χ0) is 8.74. The molecule has 0 saturated heterocycles. The minimum Gasteiger partial charge on any atom is -0.297 e. The lowest BCUT2D eigenvalue weighted by molar-refractivity contribution is 0.908. The third-order valence-electron chi connectivity index (χ3n) is 0.961. The molecule has 0 radical (unpaired) electrons. The maximum atomic E-state index is 4.33. The number of allylic oxidation sites excluding steroid dienone is 3. The standard InChI is InChI=1S/C9H15NS/c1-9(2,11)7-5-4-6-8-10-3/h4-8,11H,1-3H3/b6-4-,7-5+,10-8?. The van der Waals surface area contributed by atoms with Gasteiger partial charge in [0.15, 0.2) is 0 Å². The van der Waals surface area contributed by atoms with Crippen molar-refractivity contribution in [2.75, 3.05) is 7.05 Å². The summed E-state index contributed by atoms with van der Waals surface area (Å²) in [6.07, 6.45) is 9.56. The van der Waals surface area contributed by atoms with Crippen LogP contribution in [0.1, 0.15) is 13.8 Å². The molecule has 0 unspecified atom stereocenters. The van der Waals surface area contributed by atoms with Gasteiger partial charge in [-0.3, -0.25) is 4.99 Å². The number of rotatable bonds is 3. The van der Waals surface area contributed by atoms with Gasteiger partial charge in [0.25, 0.3) is 0 Å². The highest BCUT2D eigenvalue weighted by Gasteiger charge is 2.02. The summed E-state index contributed by atoms with van der Waals surface area (Å²) in [4.78, 5) is 3.80. The molecule has 1 nitrogen and oxygen atoms in total. The van der Waals surface area contributed by atoms with Crippen LogP contribution >= 0.6 is 12.6 Å². The van der Waals surface area contributed by atoms with Crippen LogP contribution in [0.3, 0.4) is 0 Å². The molecule has 0 bridgehead atoms. The van der Waals surface area contributed by atoms with Crippen LogP contribution in [0.15, 0.2) is 29.3 Å². The molecule has 0 spiro atoms. The van der Waals surface area contributed by atoms with Gasteiger partial charge in [0.1, 0.15) is 0 Å². The number of hydrogen-bond acceptors (Lipinski definition) is 2. The summed E-state index contributed by atoms with van der Waals surface area (Å²) >= 11 is 4.33. The Morgan fingerprint density at radius 2 is 1.82 bits per heavy atom. The van der Waals surface area contributed by atoms with Crippen LogP contribution in [0.25, 0.3) is 0 Å².